The number of benzene rings is 6. The molecule has 1 aliphatic rings. The SMILES string of the molecule is N=C(/C=C(\N=Cc1ccccc1)c1ccc(C2(c3ccc(-c4ccc5ccccc5c4)cc3)CCCCC2)cc1)c1ccccc1. The summed E-state index contributed by atoms with van der Waals surface area (Å²) in [5.74, 6) is 0. The first kappa shape index (κ1) is 29.4. The quantitative estimate of drug-likeness (QED) is 0.170. The van der Waals surface area contributed by atoms with Crippen LogP contribution in [-0.2, 0) is 5.41 Å². The molecule has 0 heterocycles. The van der Waals surface area contributed by atoms with Gasteiger partial charge >= 0.3 is 0 Å². The van der Waals surface area contributed by atoms with Crippen molar-refractivity contribution in [2.45, 2.75) is 37.5 Å². The molecular formula is C44H38N2. The molecule has 0 radical (unpaired) electrons. The molecule has 0 aliphatic heterocycles. The Morgan fingerprint density at radius 1 is 0.543 bits per heavy atom. The van der Waals surface area contributed by atoms with Crippen LogP contribution in [0.3, 0.4) is 0 Å². The molecule has 1 N–H and O–H groups in total. The molecule has 1 aliphatic carbocycles. The second-order valence-electron chi connectivity index (χ2n) is 12.3. The van der Waals surface area contributed by atoms with Crippen molar-refractivity contribution in [3.63, 3.8) is 0 Å². The summed E-state index contributed by atoms with van der Waals surface area (Å²) in [5, 5.41) is 11.4. The van der Waals surface area contributed by atoms with E-state index >= 15 is 0 Å². The van der Waals surface area contributed by atoms with E-state index in [4.69, 9.17) is 10.4 Å². The lowest BCUT2D eigenvalue weighted by atomic mass is 9.65. The molecule has 0 aromatic heterocycles. The molecule has 0 spiro atoms. The monoisotopic (exact) mass is 594 g/mol. The lowest BCUT2D eigenvalue weighted by Gasteiger charge is -2.39. The molecule has 0 amide bonds. The molecule has 7 rings (SSSR count). The molecule has 2 heteroatoms. The van der Waals surface area contributed by atoms with Gasteiger partial charge in [-0.05, 0) is 69.1 Å². The van der Waals surface area contributed by atoms with Crippen molar-refractivity contribution in [1.29, 1.82) is 5.41 Å². The van der Waals surface area contributed by atoms with Crippen LogP contribution in [0.1, 0.15) is 59.9 Å². The first-order valence-electron chi connectivity index (χ1n) is 16.3. The number of aliphatic imine (C=N–C) groups is 1. The van der Waals surface area contributed by atoms with E-state index in [0.29, 0.717) is 5.71 Å². The molecule has 1 saturated carbocycles. The van der Waals surface area contributed by atoms with Crippen LogP contribution in [0.4, 0.5) is 0 Å². The molecule has 0 saturated heterocycles. The van der Waals surface area contributed by atoms with Crippen LogP contribution in [0.2, 0.25) is 0 Å². The van der Waals surface area contributed by atoms with Gasteiger partial charge in [0.05, 0.1) is 11.4 Å². The van der Waals surface area contributed by atoms with Crippen LogP contribution in [0.5, 0.6) is 0 Å². The topological polar surface area (TPSA) is 36.2 Å². The van der Waals surface area contributed by atoms with E-state index in [-0.39, 0.29) is 5.41 Å². The van der Waals surface area contributed by atoms with E-state index < -0.39 is 0 Å². The van der Waals surface area contributed by atoms with Crippen LogP contribution < -0.4 is 0 Å². The fraction of sp³-hybridized carbons (Fsp3) is 0.136. The van der Waals surface area contributed by atoms with Crippen LogP contribution in [-0.4, -0.2) is 11.9 Å². The summed E-state index contributed by atoms with van der Waals surface area (Å²) in [5.41, 5.74) is 9.39. The second kappa shape index (κ2) is 13.3. The lowest BCUT2D eigenvalue weighted by molar-refractivity contribution is 0.346. The Morgan fingerprint density at radius 2 is 1.13 bits per heavy atom. The minimum absolute atomic E-state index is 0.00732. The molecule has 1 fully saturated rings. The maximum absolute atomic E-state index is 8.81. The smallest absolute Gasteiger partial charge is 0.0723 e. The number of fused-ring (bicyclic) bond motifs is 1. The van der Waals surface area contributed by atoms with Gasteiger partial charge < -0.3 is 5.41 Å². The summed E-state index contributed by atoms with van der Waals surface area (Å²) in [6.45, 7) is 0. The molecule has 6 aromatic carbocycles. The first-order chi connectivity index (χ1) is 22.7. The number of hydrogen-bond acceptors (Lipinski definition) is 2. The number of nitrogens with zero attached hydrogens (tertiary/aromatic N) is 1. The maximum Gasteiger partial charge on any atom is 0.0723 e. The highest BCUT2D eigenvalue weighted by atomic mass is 14.7. The number of allylic oxidation sites excluding steroid dienone is 1. The number of hydrogen-bond donors (Lipinski definition) is 1. The Labute approximate surface area is 272 Å². The van der Waals surface area contributed by atoms with Gasteiger partial charge in [-0.3, -0.25) is 4.99 Å². The zero-order valence-electron chi connectivity index (χ0n) is 26.1. The van der Waals surface area contributed by atoms with Crippen molar-refractivity contribution in [3.05, 3.63) is 186 Å². The molecule has 2 nitrogen and oxygen atoms in total. The zero-order valence-corrected chi connectivity index (χ0v) is 26.1. The summed E-state index contributed by atoms with van der Waals surface area (Å²) < 4.78 is 0. The van der Waals surface area contributed by atoms with Gasteiger partial charge in [0.2, 0.25) is 0 Å². The Bertz CT molecular complexity index is 2000. The molecule has 0 atom stereocenters. The summed E-state index contributed by atoms with van der Waals surface area (Å²) in [6, 6.07) is 53.6. The van der Waals surface area contributed by atoms with Crippen molar-refractivity contribution in [2.24, 2.45) is 4.99 Å². The lowest BCUT2D eigenvalue weighted by Crippen LogP contribution is -2.30. The van der Waals surface area contributed by atoms with Crippen LogP contribution in [0.15, 0.2) is 163 Å². The van der Waals surface area contributed by atoms with Gasteiger partial charge in [0.15, 0.2) is 0 Å². The maximum atomic E-state index is 8.81. The number of nitrogens with one attached hydrogen (secondary N) is 1. The van der Waals surface area contributed by atoms with Crippen LogP contribution >= 0.6 is 0 Å². The summed E-state index contributed by atoms with van der Waals surface area (Å²) in [6.07, 6.45) is 9.81. The zero-order chi connectivity index (χ0) is 31.2. The second-order valence-corrected chi connectivity index (χ2v) is 12.3. The Morgan fingerprint density at radius 3 is 1.83 bits per heavy atom. The van der Waals surface area contributed by atoms with Crippen LogP contribution in [0, 0.1) is 5.41 Å². The molecule has 0 bridgehead atoms. The van der Waals surface area contributed by atoms with Gasteiger partial charge in [-0.25, -0.2) is 0 Å². The van der Waals surface area contributed by atoms with Gasteiger partial charge in [0.1, 0.15) is 0 Å². The summed E-state index contributed by atoms with van der Waals surface area (Å²) >= 11 is 0. The fourth-order valence-corrected chi connectivity index (χ4v) is 6.93. The van der Waals surface area contributed by atoms with Gasteiger partial charge in [0.25, 0.3) is 0 Å². The molecule has 46 heavy (non-hydrogen) atoms. The molecule has 6 aromatic rings. The predicted octanol–water partition coefficient (Wildman–Crippen LogP) is 11.3. The van der Waals surface area contributed by atoms with Gasteiger partial charge in [0, 0.05) is 17.2 Å². The molecule has 0 unspecified atom stereocenters. The largest absolute Gasteiger partial charge is 0.300 e. The molecule has 224 valence electrons. The van der Waals surface area contributed by atoms with E-state index in [1.807, 2.05) is 73.0 Å². The number of rotatable bonds is 8. The average molecular weight is 595 g/mol. The van der Waals surface area contributed by atoms with E-state index in [0.717, 1.165) is 35.2 Å². The van der Waals surface area contributed by atoms with Gasteiger partial charge in [-0.1, -0.05) is 165 Å². The van der Waals surface area contributed by atoms with Crippen molar-refractivity contribution in [3.8, 4) is 11.1 Å². The minimum Gasteiger partial charge on any atom is -0.300 e. The predicted molar refractivity (Wildman–Crippen MR) is 195 cm³/mol. The summed E-state index contributed by atoms with van der Waals surface area (Å²) in [7, 11) is 0. The van der Waals surface area contributed by atoms with E-state index in [2.05, 4.69) is 91.0 Å². The van der Waals surface area contributed by atoms with Crippen molar-refractivity contribution >= 4 is 28.4 Å². The average Bonchev–Trinajstić information content (AvgIpc) is 3.14. The Kier molecular flexibility index (Phi) is 8.52. The van der Waals surface area contributed by atoms with Crippen molar-refractivity contribution < 1.29 is 0 Å². The minimum atomic E-state index is -0.00732. The highest BCUT2D eigenvalue weighted by Gasteiger charge is 2.35. The van der Waals surface area contributed by atoms with Gasteiger partial charge in [-0.15, -0.1) is 0 Å². The van der Waals surface area contributed by atoms with Crippen LogP contribution in [0.25, 0.3) is 27.6 Å². The highest BCUT2D eigenvalue weighted by Crippen LogP contribution is 2.45. The Hall–Kier alpha value is -5.34. The fourth-order valence-electron chi connectivity index (χ4n) is 6.93. The first-order valence-corrected chi connectivity index (χ1v) is 16.3. The van der Waals surface area contributed by atoms with E-state index in [1.54, 1.807) is 0 Å². The highest BCUT2D eigenvalue weighted by molar-refractivity contribution is 6.10. The van der Waals surface area contributed by atoms with E-state index in [9.17, 15) is 0 Å². The Balaban J connectivity index is 1.21. The third-order valence-corrected chi connectivity index (χ3v) is 9.48. The van der Waals surface area contributed by atoms with Gasteiger partial charge in [-0.2, -0.15) is 0 Å². The van der Waals surface area contributed by atoms with E-state index in [1.165, 1.54) is 52.3 Å². The van der Waals surface area contributed by atoms with Crippen molar-refractivity contribution in [1.82, 2.24) is 0 Å². The molecular weight excluding hydrogens is 556 g/mol. The summed E-state index contributed by atoms with van der Waals surface area (Å²) in [4.78, 5) is 4.90. The standard InChI is InChI=1S/C44H38N2/c45-42(36-15-6-2-7-16-36)31-43(46-32-33-12-4-1-5-13-33)37-22-26-41(27-23-37)44(28-10-3-11-29-44)40-24-20-35(21-25-40)39-19-18-34-14-8-9-17-38(34)30-39/h1-2,4-9,12-27,30-32,45H,3,10-11,28-29H2/b43-31-,45-42?,46-32?. The third-order valence-electron chi connectivity index (χ3n) is 9.48. The third kappa shape index (κ3) is 6.25. The normalized spacial score (nSPS) is 14.8. The van der Waals surface area contributed by atoms with Crippen molar-refractivity contribution in [2.75, 3.05) is 0 Å².